The molecule has 1 atom stereocenters. The van der Waals surface area contributed by atoms with Gasteiger partial charge in [-0.25, -0.2) is 4.98 Å². The molecule has 0 fully saturated rings. The number of halogens is 1. The number of nitrogens with zero attached hydrogens (tertiary/aromatic N) is 1. The molecule has 1 aromatic carbocycles. The van der Waals surface area contributed by atoms with Crippen molar-refractivity contribution in [3.05, 3.63) is 50.9 Å². The van der Waals surface area contributed by atoms with Crippen LogP contribution >= 0.6 is 27.3 Å². The maximum absolute atomic E-state index is 11.3. The third kappa shape index (κ3) is 2.92. The summed E-state index contributed by atoms with van der Waals surface area (Å²) in [4.78, 5) is 15.4. The summed E-state index contributed by atoms with van der Waals surface area (Å²) in [6.45, 7) is 0. The van der Waals surface area contributed by atoms with E-state index in [0.717, 1.165) is 10.0 Å². The molecule has 17 heavy (non-hydrogen) atoms. The van der Waals surface area contributed by atoms with E-state index in [2.05, 4.69) is 20.9 Å². The average molecular weight is 312 g/mol. The Bertz CT molecular complexity index is 513. The lowest BCUT2D eigenvalue weighted by atomic mass is 10.0. The lowest BCUT2D eigenvalue weighted by Crippen LogP contribution is -2.14. The molecule has 2 rings (SSSR count). The van der Waals surface area contributed by atoms with Crippen molar-refractivity contribution in [1.82, 2.24) is 4.98 Å². The quantitative estimate of drug-likeness (QED) is 0.942. The largest absolute Gasteiger partial charge is 0.481 e. The van der Waals surface area contributed by atoms with Crippen LogP contribution in [-0.4, -0.2) is 16.1 Å². The van der Waals surface area contributed by atoms with E-state index >= 15 is 0 Å². The monoisotopic (exact) mass is 311 g/mol. The summed E-state index contributed by atoms with van der Waals surface area (Å²) in [6, 6.07) is 7.65. The lowest BCUT2D eigenvalue weighted by Gasteiger charge is -2.10. The second-order valence-electron chi connectivity index (χ2n) is 3.56. The summed E-state index contributed by atoms with van der Waals surface area (Å²) in [5, 5.41) is 11.7. The van der Waals surface area contributed by atoms with E-state index in [1.54, 1.807) is 11.6 Å². The summed E-state index contributed by atoms with van der Waals surface area (Å²) in [6.07, 6.45) is 2.08. The normalized spacial score (nSPS) is 12.3. The van der Waals surface area contributed by atoms with Crippen molar-refractivity contribution in [1.29, 1.82) is 0 Å². The SMILES string of the molecule is O=C(O)C(Cc1ccccc1Br)c1nccs1. The smallest absolute Gasteiger partial charge is 0.313 e. The Hall–Kier alpha value is -1.20. The van der Waals surface area contributed by atoms with E-state index in [9.17, 15) is 9.90 Å². The molecule has 0 aliphatic rings. The van der Waals surface area contributed by atoms with Gasteiger partial charge >= 0.3 is 5.97 Å². The number of rotatable bonds is 4. The van der Waals surface area contributed by atoms with Gasteiger partial charge in [0, 0.05) is 16.0 Å². The minimum Gasteiger partial charge on any atom is -0.481 e. The van der Waals surface area contributed by atoms with E-state index in [1.807, 2.05) is 24.3 Å². The fraction of sp³-hybridized carbons (Fsp3) is 0.167. The summed E-state index contributed by atoms with van der Waals surface area (Å²) >= 11 is 4.80. The van der Waals surface area contributed by atoms with Crippen LogP contribution in [0.2, 0.25) is 0 Å². The highest BCUT2D eigenvalue weighted by Crippen LogP contribution is 2.26. The van der Waals surface area contributed by atoms with Crippen molar-refractivity contribution < 1.29 is 9.90 Å². The molecule has 5 heteroatoms. The first-order chi connectivity index (χ1) is 8.18. The molecular weight excluding hydrogens is 302 g/mol. The fourth-order valence-corrected chi connectivity index (χ4v) is 2.75. The van der Waals surface area contributed by atoms with Crippen LogP contribution in [-0.2, 0) is 11.2 Å². The van der Waals surface area contributed by atoms with Gasteiger partial charge in [-0.2, -0.15) is 0 Å². The molecule has 2 aromatic rings. The number of thiazole rings is 1. The fourth-order valence-electron chi connectivity index (χ4n) is 1.57. The molecule has 3 nitrogen and oxygen atoms in total. The van der Waals surface area contributed by atoms with Gasteiger partial charge in [0.1, 0.15) is 10.9 Å². The Labute approximate surface area is 111 Å². The molecule has 0 aliphatic heterocycles. The Morgan fingerprint density at radius 1 is 1.47 bits per heavy atom. The predicted molar refractivity (Wildman–Crippen MR) is 70.3 cm³/mol. The van der Waals surface area contributed by atoms with Crippen molar-refractivity contribution in [2.24, 2.45) is 0 Å². The number of benzene rings is 1. The molecule has 1 heterocycles. The van der Waals surface area contributed by atoms with Crippen LogP contribution in [0, 0.1) is 0 Å². The second kappa shape index (κ2) is 5.42. The van der Waals surface area contributed by atoms with Crippen LogP contribution in [0.4, 0.5) is 0 Å². The topological polar surface area (TPSA) is 50.2 Å². The van der Waals surface area contributed by atoms with Crippen LogP contribution in [0.15, 0.2) is 40.3 Å². The number of carbonyl (C=O) groups is 1. The number of aromatic nitrogens is 1. The number of hydrogen-bond donors (Lipinski definition) is 1. The molecule has 1 N–H and O–H groups in total. The number of carboxylic acids is 1. The summed E-state index contributed by atoms with van der Waals surface area (Å²) in [5.74, 6) is -1.41. The minimum atomic E-state index is -0.837. The maximum Gasteiger partial charge on any atom is 0.313 e. The van der Waals surface area contributed by atoms with Crippen molar-refractivity contribution >= 4 is 33.2 Å². The van der Waals surface area contributed by atoms with Gasteiger partial charge in [-0.05, 0) is 18.1 Å². The standard InChI is InChI=1S/C12H10BrNO2S/c13-10-4-2-1-3-8(10)7-9(12(15)16)11-14-5-6-17-11/h1-6,9H,7H2,(H,15,16). The van der Waals surface area contributed by atoms with Gasteiger partial charge < -0.3 is 5.11 Å². The molecule has 0 aliphatic carbocycles. The van der Waals surface area contributed by atoms with Gasteiger partial charge in [-0.3, -0.25) is 4.79 Å². The van der Waals surface area contributed by atoms with Crippen molar-refractivity contribution in [2.75, 3.05) is 0 Å². The first kappa shape index (κ1) is 12.3. The number of carboxylic acid groups (broad SMARTS) is 1. The van der Waals surface area contributed by atoms with Crippen molar-refractivity contribution in [2.45, 2.75) is 12.3 Å². The Morgan fingerprint density at radius 2 is 2.24 bits per heavy atom. The second-order valence-corrected chi connectivity index (χ2v) is 5.34. The molecule has 88 valence electrons. The van der Waals surface area contributed by atoms with E-state index in [-0.39, 0.29) is 0 Å². The highest BCUT2D eigenvalue weighted by Gasteiger charge is 2.23. The first-order valence-corrected chi connectivity index (χ1v) is 6.71. The van der Waals surface area contributed by atoms with Gasteiger partial charge in [0.2, 0.25) is 0 Å². The first-order valence-electron chi connectivity index (χ1n) is 5.04. The Balaban J connectivity index is 2.26. The van der Waals surface area contributed by atoms with Crippen LogP contribution < -0.4 is 0 Å². The molecule has 0 amide bonds. The molecule has 0 saturated carbocycles. The van der Waals surface area contributed by atoms with Gasteiger partial charge in [0.25, 0.3) is 0 Å². The van der Waals surface area contributed by atoms with Gasteiger partial charge in [0.15, 0.2) is 0 Å². The van der Waals surface area contributed by atoms with E-state index in [0.29, 0.717) is 11.4 Å². The van der Waals surface area contributed by atoms with Gasteiger partial charge in [-0.15, -0.1) is 11.3 Å². The van der Waals surface area contributed by atoms with Crippen LogP contribution in [0.25, 0.3) is 0 Å². The maximum atomic E-state index is 11.3. The van der Waals surface area contributed by atoms with E-state index in [4.69, 9.17) is 0 Å². The zero-order chi connectivity index (χ0) is 12.3. The van der Waals surface area contributed by atoms with E-state index < -0.39 is 11.9 Å². The highest BCUT2D eigenvalue weighted by molar-refractivity contribution is 9.10. The molecule has 0 saturated heterocycles. The third-order valence-corrected chi connectivity index (χ3v) is 4.09. The van der Waals surface area contributed by atoms with Gasteiger partial charge in [0.05, 0.1) is 0 Å². The van der Waals surface area contributed by atoms with Crippen molar-refractivity contribution in [3.63, 3.8) is 0 Å². The predicted octanol–water partition coefficient (Wildman–Crippen LogP) is 3.32. The van der Waals surface area contributed by atoms with Gasteiger partial charge in [-0.1, -0.05) is 34.1 Å². The highest BCUT2D eigenvalue weighted by atomic mass is 79.9. The minimum absolute atomic E-state index is 0.449. The number of aliphatic carboxylic acids is 1. The Kier molecular flexibility index (Phi) is 3.91. The molecule has 0 radical (unpaired) electrons. The molecule has 1 aromatic heterocycles. The summed E-state index contributed by atoms with van der Waals surface area (Å²) in [5.41, 5.74) is 0.982. The Morgan fingerprint density at radius 3 is 2.82 bits per heavy atom. The molecule has 0 spiro atoms. The lowest BCUT2D eigenvalue weighted by molar-refractivity contribution is -0.138. The van der Waals surface area contributed by atoms with Crippen LogP contribution in [0.5, 0.6) is 0 Å². The zero-order valence-corrected chi connectivity index (χ0v) is 11.2. The molecular formula is C12H10BrNO2S. The summed E-state index contributed by atoms with van der Waals surface area (Å²) < 4.78 is 0.933. The van der Waals surface area contributed by atoms with Crippen LogP contribution in [0.3, 0.4) is 0 Å². The summed E-state index contributed by atoms with van der Waals surface area (Å²) in [7, 11) is 0. The van der Waals surface area contributed by atoms with E-state index in [1.165, 1.54) is 11.3 Å². The third-order valence-electron chi connectivity index (χ3n) is 2.43. The zero-order valence-electron chi connectivity index (χ0n) is 8.84. The van der Waals surface area contributed by atoms with Crippen LogP contribution in [0.1, 0.15) is 16.5 Å². The average Bonchev–Trinajstić information content (AvgIpc) is 2.81. The molecule has 1 unspecified atom stereocenters. The number of hydrogen-bond acceptors (Lipinski definition) is 3. The van der Waals surface area contributed by atoms with Crippen molar-refractivity contribution in [3.8, 4) is 0 Å². The molecule has 0 bridgehead atoms.